The van der Waals surface area contributed by atoms with Crippen LogP contribution in [0.3, 0.4) is 0 Å². The van der Waals surface area contributed by atoms with Crippen LogP contribution in [0.1, 0.15) is 29.9 Å². The van der Waals surface area contributed by atoms with Gasteiger partial charge < -0.3 is 14.5 Å². The minimum absolute atomic E-state index is 0.280. The standard InChI is InChI=1S/C18H26N2O2/c1-15-4-2-3-5-17(15)16-6-8-19(14-16)9-7-18(21)20-10-12-22-13-11-20/h2-5,16H,6-14H2,1H3/t16-/m0/s1. The van der Waals surface area contributed by atoms with Crippen LogP contribution in [-0.4, -0.2) is 61.6 Å². The van der Waals surface area contributed by atoms with Gasteiger partial charge in [0.25, 0.3) is 0 Å². The minimum Gasteiger partial charge on any atom is -0.378 e. The molecule has 22 heavy (non-hydrogen) atoms. The van der Waals surface area contributed by atoms with Crippen molar-refractivity contribution in [3.8, 4) is 0 Å². The number of aryl methyl sites for hydroxylation is 1. The molecule has 1 aromatic rings. The summed E-state index contributed by atoms with van der Waals surface area (Å²) >= 11 is 0. The molecule has 1 amide bonds. The van der Waals surface area contributed by atoms with Gasteiger partial charge in [0, 0.05) is 32.6 Å². The van der Waals surface area contributed by atoms with Crippen molar-refractivity contribution in [2.75, 3.05) is 45.9 Å². The summed E-state index contributed by atoms with van der Waals surface area (Å²) in [4.78, 5) is 16.6. The first-order valence-electron chi connectivity index (χ1n) is 8.37. The van der Waals surface area contributed by atoms with Crippen LogP contribution in [0.4, 0.5) is 0 Å². The average molecular weight is 302 g/mol. The Balaban J connectivity index is 1.47. The quantitative estimate of drug-likeness (QED) is 0.853. The number of carbonyl (C=O) groups is 1. The molecular formula is C18H26N2O2. The Labute approximate surface area is 133 Å². The molecule has 3 rings (SSSR count). The van der Waals surface area contributed by atoms with Crippen molar-refractivity contribution in [2.45, 2.75) is 25.7 Å². The summed E-state index contributed by atoms with van der Waals surface area (Å²) in [7, 11) is 0. The zero-order valence-corrected chi connectivity index (χ0v) is 13.5. The third kappa shape index (κ3) is 3.68. The summed E-state index contributed by atoms with van der Waals surface area (Å²) in [5, 5.41) is 0. The number of nitrogens with zero attached hydrogens (tertiary/aromatic N) is 2. The van der Waals surface area contributed by atoms with E-state index >= 15 is 0 Å². The lowest BCUT2D eigenvalue weighted by atomic mass is 9.94. The van der Waals surface area contributed by atoms with E-state index in [2.05, 4.69) is 36.1 Å². The predicted octanol–water partition coefficient (Wildman–Crippen LogP) is 2.03. The van der Waals surface area contributed by atoms with Crippen molar-refractivity contribution >= 4 is 5.91 Å². The van der Waals surface area contributed by atoms with Gasteiger partial charge in [0.05, 0.1) is 13.2 Å². The van der Waals surface area contributed by atoms with Gasteiger partial charge in [-0.15, -0.1) is 0 Å². The number of carbonyl (C=O) groups excluding carboxylic acids is 1. The number of morpholine rings is 1. The Hall–Kier alpha value is -1.39. The molecule has 2 heterocycles. The molecule has 0 spiro atoms. The van der Waals surface area contributed by atoms with Crippen LogP contribution in [0, 0.1) is 6.92 Å². The first-order valence-corrected chi connectivity index (χ1v) is 8.37. The van der Waals surface area contributed by atoms with Crippen molar-refractivity contribution in [2.24, 2.45) is 0 Å². The van der Waals surface area contributed by atoms with Crippen molar-refractivity contribution in [1.82, 2.24) is 9.80 Å². The molecule has 2 aliphatic rings. The highest BCUT2D eigenvalue weighted by molar-refractivity contribution is 5.76. The molecular weight excluding hydrogens is 276 g/mol. The molecule has 4 heteroatoms. The largest absolute Gasteiger partial charge is 0.378 e. The van der Waals surface area contributed by atoms with Gasteiger partial charge in [-0.05, 0) is 36.9 Å². The van der Waals surface area contributed by atoms with Crippen LogP contribution < -0.4 is 0 Å². The van der Waals surface area contributed by atoms with Gasteiger partial charge in [-0.2, -0.15) is 0 Å². The molecule has 120 valence electrons. The van der Waals surface area contributed by atoms with Gasteiger partial charge >= 0.3 is 0 Å². The highest BCUT2D eigenvalue weighted by atomic mass is 16.5. The van der Waals surface area contributed by atoms with E-state index in [1.807, 2.05) is 4.90 Å². The summed E-state index contributed by atoms with van der Waals surface area (Å²) in [6.45, 7) is 8.15. The van der Waals surface area contributed by atoms with E-state index in [-0.39, 0.29) is 5.91 Å². The number of likely N-dealkylation sites (tertiary alicyclic amines) is 1. The third-order valence-corrected chi connectivity index (χ3v) is 4.91. The second kappa shape index (κ2) is 7.25. The van der Waals surface area contributed by atoms with Crippen LogP contribution in [-0.2, 0) is 9.53 Å². The smallest absolute Gasteiger partial charge is 0.224 e. The Kier molecular flexibility index (Phi) is 5.11. The van der Waals surface area contributed by atoms with Crippen LogP contribution in [0.15, 0.2) is 24.3 Å². The Morgan fingerprint density at radius 1 is 1.23 bits per heavy atom. The summed E-state index contributed by atoms with van der Waals surface area (Å²) in [6, 6.07) is 8.68. The number of benzene rings is 1. The molecule has 4 nitrogen and oxygen atoms in total. The Bertz CT molecular complexity index is 512. The summed E-state index contributed by atoms with van der Waals surface area (Å²) < 4.78 is 5.30. The summed E-state index contributed by atoms with van der Waals surface area (Å²) in [6.07, 6.45) is 1.84. The number of rotatable bonds is 4. The van der Waals surface area contributed by atoms with Crippen molar-refractivity contribution in [3.05, 3.63) is 35.4 Å². The molecule has 0 bridgehead atoms. The number of ether oxygens (including phenoxy) is 1. The average Bonchev–Trinajstić information content (AvgIpc) is 3.02. The molecule has 0 aliphatic carbocycles. The van der Waals surface area contributed by atoms with Gasteiger partial charge in [-0.1, -0.05) is 24.3 Å². The molecule has 0 unspecified atom stereocenters. The summed E-state index contributed by atoms with van der Waals surface area (Å²) in [5.74, 6) is 0.905. The Morgan fingerprint density at radius 3 is 2.77 bits per heavy atom. The zero-order valence-electron chi connectivity index (χ0n) is 13.5. The van der Waals surface area contributed by atoms with Gasteiger partial charge in [-0.3, -0.25) is 4.79 Å². The predicted molar refractivity (Wildman–Crippen MR) is 87.0 cm³/mol. The Morgan fingerprint density at radius 2 is 2.00 bits per heavy atom. The van der Waals surface area contributed by atoms with Crippen LogP contribution >= 0.6 is 0 Å². The first kappa shape index (κ1) is 15.5. The molecule has 2 saturated heterocycles. The van der Waals surface area contributed by atoms with Crippen LogP contribution in [0.25, 0.3) is 0 Å². The molecule has 0 N–H and O–H groups in total. The molecule has 1 aromatic carbocycles. The van der Waals surface area contributed by atoms with E-state index in [0.29, 0.717) is 25.6 Å². The topological polar surface area (TPSA) is 32.8 Å². The maximum Gasteiger partial charge on any atom is 0.224 e. The van der Waals surface area contributed by atoms with Gasteiger partial charge in [0.2, 0.25) is 5.91 Å². The molecule has 0 aromatic heterocycles. The number of hydrogen-bond donors (Lipinski definition) is 0. The van der Waals surface area contributed by atoms with Crippen molar-refractivity contribution in [3.63, 3.8) is 0 Å². The fourth-order valence-electron chi connectivity index (χ4n) is 3.56. The second-order valence-electron chi connectivity index (χ2n) is 6.39. The van der Waals surface area contributed by atoms with E-state index < -0.39 is 0 Å². The molecule has 0 saturated carbocycles. The lowest BCUT2D eigenvalue weighted by Crippen LogP contribution is -2.41. The highest BCUT2D eigenvalue weighted by Crippen LogP contribution is 2.29. The second-order valence-corrected chi connectivity index (χ2v) is 6.39. The fourth-order valence-corrected chi connectivity index (χ4v) is 3.56. The molecule has 1 atom stereocenters. The van der Waals surface area contributed by atoms with Crippen LogP contribution in [0.5, 0.6) is 0 Å². The maximum atomic E-state index is 12.2. The first-order chi connectivity index (χ1) is 10.7. The minimum atomic E-state index is 0.280. The van der Waals surface area contributed by atoms with Crippen LogP contribution in [0.2, 0.25) is 0 Å². The van der Waals surface area contributed by atoms with E-state index in [0.717, 1.165) is 32.7 Å². The number of hydrogen-bond acceptors (Lipinski definition) is 3. The van der Waals surface area contributed by atoms with Gasteiger partial charge in [0.1, 0.15) is 0 Å². The van der Waals surface area contributed by atoms with Crippen molar-refractivity contribution in [1.29, 1.82) is 0 Å². The lowest BCUT2D eigenvalue weighted by Gasteiger charge is -2.27. The van der Waals surface area contributed by atoms with E-state index in [1.165, 1.54) is 17.5 Å². The molecule has 2 fully saturated rings. The zero-order chi connectivity index (χ0) is 15.4. The molecule has 0 radical (unpaired) electrons. The van der Waals surface area contributed by atoms with E-state index in [1.54, 1.807) is 0 Å². The monoisotopic (exact) mass is 302 g/mol. The van der Waals surface area contributed by atoms with Crippen molar-refractivity contribution < 1.29 is 9.53 Å². The van der Waals surface area contributed by atoms with Gasteiger partial charge in [-0.25, -0.2) is 0 Å². The summed E-state index contributed by atoms with van der Waals surface area (Å²) in [5.41, 5.74) is 2.86. The third-order valence-electron chi connectivity index (χ3n) is 4.91. The maximum absolute atomic E-state index is 12.2. The van der Waals surface area contributed by atoms with E-state index in [9.17, 15) is 4.79 Å². The number of amides is 1. The SMILES string of the molecule is Cc1ccccc1[C@H]1CCN(CCC(=O)N2CCOCC2)C1. The highest BCUT2D eigenvalue weighted by Gasteiger charge is 2.25. The van der Waals surface area contributed by atoms with E-state index in [4.69, 9.17) is 4.74 Å². The van der Waals surface area contributed by atoms with Gasteiger partial charge in [0.15, 0.2) is 0 Å². The fraction of sp³-hybridized carbons (Fsp3) is 0.611. The molecule has 2 aliphatic heterocycles. The lowest BCUT2D eigenvalue weighted by molar-refractivity contribution is -0.135. The normalized spacial score (nSPS) is 23.0.